The van der Waals surface area contributed by atoms with Gasteiger partial charge in [0, 0.05) is 36.2 Å². The van der Waals surface area contributed by atoms with E-state index in [1.54, 1.807) is 48.4 Å². The van der Waals surface area contributed by atoms with Crippen LogP contribution in [0.15, 0.2) is 58.6 Å². The number of rotatable bonds is 6. The molecule has 8 heteroatoms. The minimum Gasteiger partial charge on any atom is -0.507 e. The van der Waals surface area contributed by atoms with E-state index in [0.717, 1.165) is 23.1 Å². The van der Waals surface area contributed by atoms with Gasteiger partial charge in [0.25, 0.3) is 11.7 Å². The first-order valence-corrected chi connectivity index (χ1v) is 11.3. The van der Waals surface area contributed by atoms with Crippen molar-refractivity contribution in [1.82, 2.24) is 9.80 Å². The van der Waals surface area contributed by atoms with E-state index in [9.17, 15) is 14.7 Å². The summed E-state index contributed by atoms with van der Waals surface area (Å²) < 4.78 is 11.5. The largest absolute Gasteiger partial charge is 0.507 e. The number of ketones is 1. The Morgan fingerprint density at radius 3 is 2.34 bits per heavy atom. The number of Topliss-reactive ketones (excluding diaryl/α,β-unsaturated/α-hetero) is 1. The van der Waals surface area contributed by atoms with E-state index < -0.39 is 17.7 Å². The zero-order chi connectivity index (χ0) is 22.7. The minimum absolute atomic E-state index is 0.101. The van der Waals surface area contributed by atoms with Gasteiger partial charge in [0.05, 0.1) is 31.9 Å². The van der Waals surface area contributed by atoms with Gasteiger partial charge in [0.1, 0.15) is 11.5 Å². The summed E-state index contributed by atoms with van der Waals surface area (Å²) in [5.74, 6) is -0.775. The fraction of sp³-hybridized carbons (Fsp3) is 0.333. The van der Waals surface area contributed by atoms with Gasteiger partial charge >= 0.3 is 0 Å². The van der Waals surface area contributed by atoms with Crippen molar-refractivity contribution in [3.63, 3.8) is 0 Å². The molecule has 32 heavy (non-hydrogen) atoms. The lowest BCUT2D eigenvalue weighted by Gasteiger charge is -2.31. The van der Waals surface area contributed by atoms with Crippen molar-refractivity contribution >= 4 is 33.4 Å². The van der Waals surface area contributed by atoms with Gasteiger partial charge in [-0.1, -0.05) is 40.2 Å². The maximum absolute atomic E-state index is 13.1. The SMILES string of the molecule is COc1ccc(C2/C(=C(/O)c3ccc(Br)cc3)C(=O)C(=O)N2CCN2CCOCC2)cc1. The molecule has 2 aromatic rings. The number of methoxy groups -OCH3 is 1. The zero-order valence-corrected chi connectivity index (χ0v) is 19.4. The van der Waals surface area contributed by atoms with Crippen molar-refractivity contribution in [3.05, 3.63) is 69.7 Å². The second-order valence-electron chi connectivity index (χ2n) is 7.73. The van der Waals surface area contributed by atoms with Crippen LogP contribution in [0.3, 0.4) is 0 Å². The first-order chi connectivity index (χ1) is 15.5. The van der Waals surface area contributed by atoms with E-state index in [-0.39, 0.29) is 11.3 Å². The van der Waals surface area contributed by atoms with E-state index in [4.69, 9.17) is 9.47 Å². The van der Waals surface area contributed by atoms with Crippen molar-refractivity contribution in [2.24, 2.45) is 0 Å². The molecule has 2 fully saturated rings. The normalized spacial score (nSPS) is 21.2. The molecule has 2 saturated heterocycles. The highest BCUT2D eigenvalue weighted by molar-refractivity contribution is 9.10. The molecule has 1 atom stereocenters. The number of amides is 1. The zero-order valence-electron chi connectivity index (χ0n) is 17.8. The average Bonchev–Trinajstić information content (AvgIpc) is 3.08. The number of ether oxygens (including phenoxy) is 2. The van der Waals surface area contributed by atoms with Gasteiger partial charge in [0.2, 0.25) is 0 Å². The first kappa shape index (κ1) is 22.5. The Morgan fingerprint density at radius 1 is 1.06 bits per heavy atom. The predicted octanol–water partition coefficient (Wildman–Crippen LogP) is 3.21. The van der Waals surface area contributed by atoms with Crippen molar-refractivity contribution in [2.75, 3.05) is 46.5 Å². The molecule has 1 unspecified atom stereocenters. The molecular formula is C24H25BrN2O5. The molecule has 2 aliphatic rings. The molecule has 7 nitrogen and oxygen atoms in total. The summed E-state index contributed by atoms with van der Waals surface area (Å²) in [4.78, 5) is 29.9. The van der Waals surface area contributed by atoms with Gasteiger partial charge in [-0.15, -0.1) is 0 Å². The molecule has 1 amide bonds. The molecule has 0 radical (unpaired) electrons. The molecule has 0 bridgehead atoms. The topological polar surface area (TPSA) is 79.3 Å². The van der Waals surface area contributed by atoms with Crippen LogP contribution in [0, 0.1) is 0 Å². The summed E-state index contributed by atoms with van der Waals surface area (Å²) in [6.07, 6.45) is 0. The van der Waals surface area contributed by atoms with Gasteiger partial charge in [-0.3, -0.25) is 14.5 Å². The lowest BCUT2D eigenvalue weighted by Crippen LogP contribution is -2.42. The standard InChI is InChI=1S/C24H25BrN2O5/c1-31-19-8-4-16(5-9-19)21-20(22(28)17-2-6-18(25)7-3-17)23(29)24(30)27(21)11-10-26-12-14-32-15-13-26/h2-9,21,28H,10-15H2,1H3/b22-20-. The van der Waals surface area contributed by atoms with Gasteiger partial charge in [-0.25, -0.2) is 0 Å². The molecule has 2 heterocycles. The third-order valence-electron chi connectivity index (χ3n) is 5.85. The number of hydrogen-bond acceptors (Lipinski definition) is 6. The maximum atomic E-state index is 13.1. The monoisotopic (exact) mass is 500 g/mol. The molecule has 0 aliphatic carbocycles. The fourth-order valence-electron chi connectivity index (χ4n) is 4.08. The highest BCUT2D eigenvalue weighted by Crippen LogP contribution is 2.39. The number of aliphatic hydroxyl groups excluding tert-OH is 1. The molecular weight excluding hydrogens is 476 g/mol. The number of benzene rings is 2. The van der Waals surface area contributed by atoms with Crippen LogP contribution in [0.25, 0.3) is 5.76 Å². The Morgan fingerprint density at radius 2 is 1.72 bits per heavy atom. The summed E-state index contributed by atoms with van der Waals surface area (Å²) in [6.45, 7) is 3.89. The first-order valence-electron chi connectivity index (χ1n) is 10.5. The number of carbonyl (C=O) groups is 2. The summed E-state index contributed by atoms with van der Waals surface area (Å²) >= 11 is 3.38. The average molecular weight is 501 g/mol. The second kappa shape index (κ2) is 9.85. The quantitative estimate of drug-likeness (QED) is 0.372. The van der Waals surface area contributed by atoms with Crippen LogP contribution in [0.1, 0.15) is 17.2 Å². The van der Waals surface area contributed by atoms with E-state index in [1.807, 2.05) is 12.1 Å². The van der Waals surface area contributed by atoms with E-state index in [2.05, 4.69) is 20.8 Å². The highest BCUT2D eigenvalue weighted by Gasteiger charge is 2.46. The number of morpholine rings is 1. The van der Waals surface area contributed by atoms with Crippen molar-refractivity contribution < 1.29 is 24.2 Å². The van der Waals surface area contributed by atoms with Crippen LogP contribution < -0.4 is 4.74 Å². The maximum Gasteiger partial charge on any atom is 0.295 e. The minimum atomic E-state index is -0.675. The fourth-order valence-corrected chi connectivity index (χ4v) is 4.34. The molecule has 0 saturated carbocycles. The highest BCUT2D eigenvalue weighted by atomic mass is 79.9. The molecule has 2 aromatic carbocycles. The van der Waals surface area contributed by atoms with Crippen molar-refractivity contribution in [3.8, 4) is 5.75 Å². The predicted molar refractivity (Wildman–Crippen MR) is 123 cm³/mol. The summed E-state index contributed by atoms with van der Waals surface area (Å²) in [6, 6.07) is 13.5. The van der Waals surface area contributed by atoms with E-state index in [0.29, 0.717) is 37.6 Å². The smallest absolute Gasteiger partial charge is 0.295 e. The van der Waals surface area contributed by atoms with Crippen LogP contribution >= 0.6 is 15.9 Å². The third-order valence-corrected chi connectivity index (χ3v) is 6.38. The van der Waals surface area contributed by atoms with Gasteiger partial charge in [0.15, 0.2) is 0 Å². The third kappa shape index (κ3) is 4.57. The number of nitrogens with zero attached hydrogens (tertiary/aromatic N) is 2. The Labute approximate surface area is 195 Å². The second-order valence-corrected chi connectivity index (χ2v) is 8.64. The van der Waals surface area contributed by atoms with Crippen LogP contribution in [-0.2, 0) is 14.3 Å². The Bertz CT molecular complexity index is 1010. The Hall–Kier alpha value is -2.68. The van der Waals surface area contributed by atoms with Crippen LogP contribution in [0.2, 0.25) is 0 Å². The number of carbonyl (C=O) groups excluding carboxylic acids is 2. The molecule has 168 valence electrons. The molecule has 1 N–H and O–H groups in total. The number of hydrogen-bond donors (Lipinski definition) is 1. The lowest BCUT2D eigenvalue weighted by atomic mass is 9.95. The van der Waals surface area contributed by atoms with Gasteiger partial charge in [-0.2, -0.15) is 0 Å². The van der Waals surface area contributed by atoms with Crippen LogP contribution in [0.5, 0.6) is 5.75 Å². The van der Waals surface area contributed by atoms with Gasteiger partial charge < -0.3 is 19.5 Å². The summed E-state index contributed by atoms with van der Waals surface area (Å²) in [5, 5.41) is 11.1. The van der Waals surface area contributed by atoms with Crippen molar-refractivity contribution in [2.45, 2.75) is 6.04 Å². The number of likely N-dealkylation sites (tertiary alicyclic amines) is 1. The Kier molecular flexibility index (Phi) is 6.93. The lowest BCUT2D eigenvalue weighted by molar-refractivity contribution is -0.140. The summed E-state index contributed by atoms with van der Waals surface area (Å²) in [5.41, 5.74) is 1.33. The number of aliphatic hydroxyl groups is 1. The molecule has 0 spiro atoms. The van der Waals surface area contributed by atoms with Crippen molar-refractivity contribution in [1.29, 1.82) is 0 Å². The van der Waals surface area contributed by atoms with Gasteiger partial charge in [-0.05, 0) is 29.8 Å². The Balaban J connectivity index is 1.72. The molecule has 0 aromatic heterocycles. The van der Waals surface area contributed by atoms with E-state index >= 15 is 0 Å². The molecule has 2 aliphatic heterocycles. The van der Waals surface area contributed by atoms with Crippen LogP contribution in [0.4, 0.5) is 0 Å². The van der Waals surface area contributed by atoms with Crippen LogP contribution in [-0.4, -0.2) is 73.1 Å². The molecule has 4 rings (SSSR count). The number of halogens is 1. The summed E-state index contributed by atoms with van der Waals surface area (Å²) in [7, 11) is 1.58. The van der Waals surface area contributed by atoms with E-state index in [1.165, 1.54) is 0 Å².